The Hall–Kier alpha value is -3.94. The summed E-state index contributed by atoms with van der Waals surface area (Å²) >= 11 is 0. The zero-order valence-corrected chi connectivity index (χ0v) is 17.2. The van der Waals surface area contributed by atoms with E-state index in [1.54, 1.807) is 16.7 Å². The third-order valence-corrected chi connectivity index (χ3v) is 5.65. The van der Waals surface area contributed by atoms with Crippen LogP contribution in [0.25, 0.3) is 16.7 Å². The van der Waals surface area contributed by atoms with Crippen molar-refractivity contribution < 1.29 is 9.53 Å². The Labute approximate surface area is 178 Å². The van der Waals surface area contributed by atoms with Crippen LogP contribution in [0.15, 0.2) is 65.8 Å². The summed E-state index contributed by atoms with van der Waals surface area (Å²) in [5, 5.41) is 4.69. The molecule has 0 radical (unpaired) electrons. The van der Waals surface area contributed by atoms with Crippen LogP contribution in [0.3, 0.4) is 0 Å². The van der Waals surface area contributed by atoms with Gasteiger partial charge in [0.15, 0.2) is 5.65 Å². The van der Waals surface area contributed by atoms with Crippen LogP contribution in [-0.4, -0.2) is 38.4 Å². The SMILES string of the molecule is COc1ccc(-n2ncc3c(=O)n(CC(=O)N4c5ccccc5C[C@@H]4C)cnc32)cc1. The summed E-state index contributed by atoms with van der Waals surface area (Å²) in [4.78, 5) is 32.3. The Bertz CT molecular complexity index is 1340. The highest BCUT2D eigenvalue weighted by atomic mass is 16.5. The summed E-state index contributed by atoms with van der Waals surface area (Å²) in [7, 11) is 1.60. The highest BCUT2D eigenvalue weighted by molar-refractivity contribution is 5.96. The number of aromatic nitrogens is 4. The Morgan fingerprint density at radius 1 is 1.16 bits per heavy atom. The van der Waals surface area contributed by atoms with Crippen molar-refractivity contribution in [2.45, 2.75) is 25.9 Å². The van der Waals surface area contributed by atoms with Gasteiger partial charge >= 0.3 is 0 Å². The first kappa shape index (κ1) is 19.0. The highest BCUT2D eigenvalue weighted by Crippen LogP contribution is 2.31. The minimum atomic E-state index is -0.293. The van der Waals surface area contributed by atoms with E-state index in [9.17, 15) is 9.59 Å². The van der Waals surface area contributed by atoms with Gasteiger partial charge in [0.2, 0.25) is 5.91 Å². The molecule has 156 valence electrons. The van der Waals surface area contributed by atoms with Crippen molar-refractivity contribution in [3.05, 3.63) is 77.0 Å². The topological polar surface area (TPSA) is 82.2 Å². The Balaban J connectivity index is 1.46. The standard InChI is InChI=1S/C23H21N5O3/c1-15-11-16-5-3-4-6-20(16)27(15)21(29)13-26-14-24-22-19(23(26)30)12-25-28(22)17-7-9-18(31-2)10-8-17/h3-10,12,14-15H,11,13H2,1-2H3/t15-/m0/s1. The summed E-state index contributed by atoms with van der Waals surface area (Å²) < 4.78 is 8.13. The molecule has 1 atom stereocenters. The molecule has 0 fully saturated rings. The van der Waals surface area contributed by atoms with Gasteiger partial charge in [0.1, 0.15) is 24.0 Å². The van der Waals surface area contributed by atoms with Crippen molar-refractivity contribution in [2.24, 2.45) is 0 Å². The van der Waals surface area contributed by atoms with Gasteiger partial charge in [-0.3, -0.25) is 14.2 Å². The number of hydrogen-bond donors (Lipinski definition) is 0. The quantitative estimate of drug-likeness (QED) is 0.512. The van der Waals surface area contributed by atoms with E-state index in [4.69, 9.17) is 4.74 Å². The molecule has 8 nitrogen and oxygen atoms in total. The van der Waals surface area contributed by atoms with E-state index in [-0.39, 0.29) is 24.1 Å². The average molecular weight is 415 g/mol. The number of anilines is 1. The van der Waals surface area contributed by atoms with Gasteiger partial charge < -0.3 is 9.64 Å². The van der Waals surface area contributed by atoms with Gasteiger partial charge in [-0.25, -0.2) is 9.67 Å². The number of carbonyl (C=O) groups excluding carboxylic acids is 1. The van der Waals surface area contributed by atoms with E-state index in [0.29, 0.717) is 11.0 Å². The number of nitrogens with zero attached hydrogens (tertiary/aromatic N) is 5. The Morgan fingerprint density at radius 3 is 2.71 bits per heavy atom. The molecular formula is C23H21N5O3. The van der Waals surface area contributed by atoms with Gasteiger partial charge in [0.25, 0.3) is 5.56 Å². The summed E-state index contributed by atoms with van der Waals surface area (Å²) in [5.74, 6) is 0.593. The second-order valence-electron chi connectivity index (χ2n) is 7.61. The number of carbonyl (C=O) groups is 1. The monoisotopic (exact) mass is 415 g/mol. The Kier molecular flexibility index (Phi) is 4.54. The predicted molar refractivity (Wildman–Crippen MR) is 117 cm³/mol. The number of methoxy groups -OCH3 is 1. The number of para-hydroxylation sites is 1. The van der Waals surface area contributed by atoms with E-state index in [2.05, 4.69) is 10.1 Å². The molecule has 0 bridgehead atoms. The van der Waals surface area contributed by atoms with Crippen LogP contribution in [0.5, 0.6) is 5.75 Å². The highest BCUT2D eigenvalue weighted by Gasteiger charge is 2.30. The fraction of sp³-hybridized carbons (Fsp3) is 0.217. The molecule has 1 aliphatic rings. The number of benzene rings is 2. The average Bonchev–Trinajstić information content (AvgIpc) is 3.36. The number of fused-ring (bicyclic) bond motifs is 2. The van der Waals surface area contributed by atoms with Crippen molar-refractivity contribution >= 4 is 22.6 Å². The van der Waals surface area contributed by atoms with Crippen molar-refractivity contribution in [1.82, 2.24) is 19.3 Å². The van der Waals surface area contributed by atoms with Crippen LogP contribution in [0, 0.1) is 0 Å². The minimum absolute atomic E-state index is 0.0510. The molecule has 1 aliphatic heterocycles. The molecular weight excluding hydrogens is 394 g/mol. The molecule has 3 heterocycles. The molecule has 1 amide bonds. The summed E-state index contributed by atoms with van der Waals surface area (Å²) in [6, 6.07) is 15.2. The lowest BCUT2D eigenvalue weighted by atomic mass is 10.1. The largest absolute Gasteiger partial charge is 0.497 e. The van der Waals surface area contributed by atoms with E-state index in [0.717, 1.165) is 29.1 Å². The third-order valence-electron chi connectivity index (χ3n) is 5.65. The van der Waals surface area contributed by atoms with Crippen molar-refractivity contribution in [2.75, 3.05) is 12.0 Å². The maximum absolute atomic E-state index is 13.1. The first-order chi connectivity index (χ1) is 15.1. The van der Waals surface area contributed by atoms with E-state index in [1.165, 1.54) is 17.1 Å². The summed E-state index contributed by atoms with van der Waals surface area (Å²) in [6.45, 7) is 1.94. The molecule has 2 aromatic heterocycles. The van der Waals surface area contributed by atoms with Crippen LogP contribution in [-0.2, 0) is 17.8 Å². The van der Waals surface area contributed by atoms with Gasteiger partial charge in [-0.1, -0.05) is 18.2 Å². The number of amides is 1. The molecule has 0 aliphatic carbocycles. The van der Waals surface area contributed by atoms with E-state index in [1.807, 2.05) is 55.5 Å². The first-order valence-corrected chi connectivity index (χ1v) is 10.0. The van der Waals surface area contributed by atoms with Gasteiger partial charge in [-0.2, -0.15) is 5.10 Å². The molecule has 0 spiro atoms. The lowest BCUT2D eigenvalue weighted by molar-refractivity contribution is -0.119. The van der Waals surface area contributed by atoms with E-state index >= 15 is 0 Å². The molecule has 5 rings (SSSR count). The molecule has 8 heteroatoms. The second-order valence-corrected chi connectivity index (χ2v) is 7.61. The van der Waals surface area contributed by atoms with E-state index < -0.39 is 0 Å². The maximum atomic E-state index is 13.1. The fourth-order valence-corrected chi connectivity index (χ4v) is 4.14. The molecule has 0 saturated carbocycles. The van der Waals surface area contributed by atoms with Gasteiger partial charge in [-0.15, -0.1) is 0 Å². The lowest BCUT2D eigenvalue weighted by Gasteiger charge is -2.23. The normalized spacial score (nSPS) is 15.3. The molecule has 4 aromatic rings. The van der Waals surface area contributed by atoms with Crippen LogP contribution in [0.4, 0.5) is 5.69 Å². The maximum Gasteiger partial charge on any atom is 0.264 e. The molecule has 0 saturated heterocycles. The van der Waals surface area contributed by atoms with Crippen molar-refractivity contribution in [1.29, 1.82) is 0 Å². The smallest absolute Gasteiger partial charge is 0.264 e. The molecule has 0 N–H and O–H groups in total. The number of ether oxygens (including phenoxy) is 1. The van der Waals surface area contributed by atoms with Crippen molar-refractivity contribution in [3.63, 3.8) is 0 Å². The fourth-order valence-electron chi connectivity index (χ4n) is 4.14. The lowest BCUT2D eigenvalue weighted by Crippen LogP contribution is -2.40. The number of rotatable bonds is 4. The Morgan fingerprint density at radius 2 is 1.94 bits per heavy atom. The van der Waals surface area contributed by atoms with Crippen LogP contribution < -0.4 is 15.2 Å². The summed E-state index contributed by atoms with van der Waals surface area (Å²) in [5.41, 5.74) is 2.97. The number of hydrogen-bond acceptors (Lipinski definition) is 5. The van der Waals surface area contributed by atoms with Crippen LogP contribution in [0.2, 0.25) is 0 Å². The molecule has 0 unspecified atom stereocenters. The minimum Gasteiger partial charge on any atom is -0.497 e. The third kappa shape index (κ3) is 3.16. The van der Waals surface area contributed by atoms with Gasteiger partial charge in [0.05, 0.1) is 19.0 Å². The molecule has 2 aromatic carbocycles. The van der Waals surface area contributed by atoms with Crippen molar-refractivity contribution in [3.8, 4) is 11.4 Å². The zero-order chi connectivity index (χ0) is 21.5. The second kappa shape index (κ2) is 7.39. The van der Waals surface area contributed by atoms with Gasteiger partial charge in [-0.05, 0) is 49.2 Å². The van der Waals surface area contributed by atoms with Crippen LogP contribution >= 0.6 is 0 Å². The predicted octanol–water partition coefficient (Wildman–Crippen LogP) is 2.57. The molecule has 31 heavy (non-hydrogen) atoms. The zero-order valence-electron chi connectivity index (χ0n) is 17.2. The van der Waals surface area contributed by atoms with Crippen LogP contribution in [0.1, 0.15) is 12.5 Å². The first-order valence-electron chi connectivity index (χ1n) is 10.0. The summed E-state index contributed by atoms with van der Waals surface area (Å²) in [6.07, 6.45) is 3.71. The van der Waals surface area contributed by atoms with Gasteiger partial charge in [0, 0.05) is 11.7 Å².